The van der Waals surface area contributed by atoms with Gasteiger partial charge in [0.15, 0.2) is 0 Å². The Morgan fingerprint density at radius 3 is 2.43 bits per heavy atom. The van der Waals surface area contributed by atoms with Crippen LogP contribution in [0, 0.1) is 0 Å². The number of thiol groups is 1. The first-order valence-corrected chi connectivity index (χ1v) is 2.25. The second-order valence-corrected chi connectivity index (χ2v) is 1.45. The van der Waals surface area contributed by atoms with Crippen molar-refractivity contribution in [1.82, 2.24) is 4.72 Å². The molecule has 0 aromatic carbocycles. The molecule has 0 spiro atoms. The van der Waals surface area contributed by atoms with E-state index in [0.29, 0.717) is 0 Å². The minimum atomic E-state index is -0.894. The van der Waals surface area contributed by atoms with Gasteiger partial charge in [-0.3, -0.25) is 9.52 Å². The van der Waals surface area contributed by atoms with Crippen LogP contribution in [0.15, 0.2) is 0 Å². The van der Waals surface area contributed by atoms with Crippen LogP contribution in [0.4, 0.5) is 0 Å². The number of hydrogen-bond donors (Lipinski definition) is 3. The minimum Gasteiger partial charge on any atom is -0.480 e. The summed E-state index contributed by atoms with van der Waals surface area (Å²) >= 11 is 3.52. The summed E-state index contributed by atoms with van der Waals surface area (Å²) in [6.45, 7) is 1.51. The lowest BCUT2D eigenvalue weighted by Gasteiger charge is -1.98. The Hall–Kier alpha value is -0.220. The highest BCUT2D eigenvalue weighted by Crippen LogP contribution is 1.79. The maximum Gasteiger partial charge on any atom is 0.321 e. The summed E-state index contributed by atoms with van der Waals surface area (Å²) in [5.74, 6) is -0.894. The minimum absolute atomic E-state index is 0.566. The van der Waals surface area contributed by atoms with Crippen LogP contribution in [0.3, 0.4) is 0 Å². The summed E-state index contributed by atoms with van der Waals surface area (Å²) in [6.07, 6.45) is 0. The zero-order chi connectivity index (χ0) is 5.86. The molecule has 0 heterocycles. The van der Waals surface area contributed by atoms with Gasteiger partial charge in [0.2, 0.25) is 0 Å². The van der Waals surface area contributed by atoms with Gasteiger partial charge in [0, 0.05) is 0 Å². The molecule has 4 heteroatoms. The maximum atomic E-state index is 9.82. The monoisotopic (exact) mass is 121 g/mol. The van der Waals surface area contributed by atoms with Crippen molar-refractivity contribution < 1.29 is 9.90 Å². The van der Waals surface area contributed by atoms with Crippen LogP contribution in [0.2, 0.25) is 0 Å². The van der Waals surface area contributed by atoms with E-state index in [0.717, 1.165) is 0 Å². The molecule has 0 fully saturated rings. The molecule has 0 rings (SSSR count). The first kappa shape index (κ1) is 6.78. The van der Waals surface area contributed by atoms with Gasteiger partial charge >= 0.3 is 5.97 Å². The van der Waals surface area contributed by atoms with Gasteiger partial charge in [0.1, 0.15) is 6.04 Å². The molecular formula is C3H7NO2S. The van der Waals surface area contributed by atoms with Gasteiger partial charge < -0.3 is 5.11 Å². The van der Waals surface area contributed by atoms with Crippen molar-refractivity contribution in [3.8, 4) is 0 Å². The summed E-state index contributed by atoms with van der Waals surface area (Å²) in [6, 6.07) is -0.566. The fraction of sp³-hybridized carbons (Fsp3) is 0.667. The molecule has 0 bridgehead atoms. The molecule has 0 aromatic rings. The largest absolute Gasteiger partial charge is 0.480 e. The Bertz CT molecular complexity index is 75.3. The number of hydrogen-bond acceptors (Lipinski definition) is 3. The smallest absolute Gasteiger partial charge is 0.321 e. The molecule has 0 unspecified atom stereocenters. The van der Waals surface area contributed by atoms with Gasteiger partial charge in [0.05, 0.1) is 0 Å². The molecule has 1 atom stereocenters. The summed E-state index contributed by atoms with van der Waals surface area (Å²) in [5.41, 5.74) is 0. The lowest BCUT2D eigenvalue weighted by Crippen LogP contribution is -2.26. The third-order valence-electron chi connectivity index (χ3n) is 0.564. The molecule has 0 saturated heterocycles. The normalized spacial score (nSPS) is 13.4. The van der Waals surface area contributed by atoms with Gasteiger partial charge in [-0.15, -0.1) is 0 Å². The standard InChI is InChI=1S/C3H7NO2S/c1-2(4-7)3(5)6/h2,4,7H,1H3,(H,5,6)/t2-/m1/s1. The number of carboxylic acids is 1. The predicted molar refractivity (Wildman–Crippen MR) is 29.2 cm³/mol. The number of carboxylic acid groups (broad SMARTS) is 1. The van der Waals surface area contributed by atoms with Gasteiger partial charge in [-0.05, 0) is 6.92 Å². The Morgan fingerprint density at radius 1 is 2.00 bits per heavy atom. The van der Waals surface area contributed by atoms with E-state index in [-0.39, 0.29) is 0 Å². The number of rotatable bonds is 2. The Morgan fingerprint density at radius 2 is 2.43 bits per heavy atom. The molecule has 42 valence electrons. The average molecular weight is 121 g/mol. The highest BCUT2D eigenvalue weighted by atomic mass is 32.1. The molecule has 0 aromatic heterocycles. The van der Waals surface area contributed by atoms with E-state index in [1.807, 2.05) is 0 Å². The van der Waals surface area contributed by atoms with Crippen molar-refractivity contribution in [2.24, 2.45) is 0 Å². The van der Waals surface area contributed by atoms with Crippen LogP contribution in [0.5, 0.6) is 0 Å². The zero-order valence-electron chi connectivity index (χ0n) is 3.88. The summed E-state index contributed by atoms with van der Waals surface area (Å²) in [4.78, 5) is 9.82. The van der Waals surface area contributed by atoms with E-state index in [1.54, 1.807) is 0 Å². The third kappa shape index (κ3) is 2.47. The second-order valence-electron chi connectivity index (χ2n) is 1.19. The Kier molecular flexibility index (Phi) is 2.78. The Labute approximate surface area is 47.3 Å². The number of carbonyl (C=O) groups is 1. The van der Waals surface area contributed by atoms with E-state index >= 15 is 0 Å². The van der Waals surface area contributed by atoms with E-state index in [1.165, 1.54) is 6.92 Å². The number of aliphatic carboxylic acids is 1. The molecule has 2 N–H and O–H groups in total. The zero-order valence-corrected chi connectivity index (χ0v) is 4.77. The predicted octanol–water partition coefficient (Wildman–Crippen LogP) is -0.106. The second kappa shape index (κ2) is 2.87. The van der Waals surface area contributed by atoms with Crippen molar-refractivity contribution in [3.05, 3.63) is 0 Å². The van der Waals surface area contributed by atoms with Crippen molar-refractivity contribution in [1.29, 1.82) is 0 Å². The fourth-order valence-electron chi connectivity index (χ4n) is 0.0552. The topological polar surface area (TPSA) is 49.3 Å². The summed E-state index contributed by atoms with van der Waals surface area (Å²) in [7, 11) is 0. The van der Waals surface area contributed by atoms with Crippen molar-refractivity contribution >= 4 is 18.8 Å². The highest BCUT2D eigenvalue weighted by Gasteiger charge is 2.04. The molecule has 7 heavy (non-hydrogen) atoms. The molecule has 0 aliphatic rings. The molecule has 3 nitrogen and oxygen atoms in total. The van der Waals surface area contributed by atoms with Crippen molar-refractivity contribution in [3.63, 3.8) is 0 Å². The lowest BCUT2D eigenvalue weighted by molar-refractivity contribution is -0.138. The van der Waals surface area contributed by atoms with Crippen LogP contribution in [0.25, 0.3) is 0 Å². The Balaban J connectivity index is 3.34. The first-order valence-electron chi connectivity index (χ1n) is 1.81. The summed E-state index contributed by atoms with van der Waals surface area (Å²) < 4.78 is 2.26. The van der Waals surface area contributed by atoms with Gasteiger partial charge in [-0.1, -0.05) is 12.8 Å². The molecular weight excluding hydrogens is 114 g/mol. The molecule has 0 aliphatic heterocycles. The van der Waals surface area contributed by atoms with Crippen LogP contribution < -0.4 is 4.72 Å². The van der Waals surface area contributed by atoms with Crippen LogP contribution in [0.1, 0.15) is 6.92 Å². The molecule has 0 saturated carbocycles. The van der Waals surface area contributed by atoms with Crippen molar-refractivity contribution in [2.45, 2.75) is 13.0 Å². The summed E-state index contributed by atoms with van der Waals surface area (Å²) in [5, 5.41) is 8.07. The van der Waals surface area contributed by atoms with Gasteiger partial charge in [-0.2, -0.15) is 0 Å². The fourth-order valence-corrected chi connectivity index (χ4v) is 0.166. The van der Waals surface area contributed by atoms with Gasteiger partial charge in [0.25, 0.3) is 0 Å². The molecule has 0 radical (unpaired) electrons. The maximum absolute atomic E-state index is 9.82. The quantitative estimate of drug-likeness (QED) is 0.447. The molecule has 0 aliphatic carbocycles. The van der Waals surface area contributed by atoms with E-state index in [2.05, 4.69) is 17.5 Å². The SMILES string of the molecule is C[C@@H](NS)C(=O)O. The van der Waals surface area contributed by atoms with Crippen LogP contribution in [-0.2, 0) is 4.79 Å². The molecule has 0 amide bonds. The highest BCUT2D eigenvalue weighted by molar-refractivity contribution is 7.78. The van der Waals surface area contributed by atoms with E-state index < -0.39 is 12.0 Å². The average Bonchev–Trinajstić information content (AvgIpc) is 1.65. The van der Waals surface area contributed by atoms with Crippen molar-refractivity contribution in [2.75, 3.05) is 0 Å². The number of nitrogens with one attached hydrogen (secondary N) is 1. The van der Waals surface area contributed by atoms with E-state index in [9.17, 15) is 4.79 Å². The van der Waals surface area contributed by atoms with Crippen LogP contribution >= 0.6 is 12.8 Å². The van der Waals surface area contributed by atoms with Crippen LogP contribution in [-0.4, -0.2) is 17.1 Å². The van der Waals surface area contributed by atoms with E-state index in [4.69, 9.17) is 5.11 Å². The first-order chi connectivity index (χ1) is 3.18. The van der Waals surface area contributed by atoms with Gasteiger partial charge in [-0.25, -0.2) is 0 Å². The lowest BCUT2D eigenvalue weighted by atomic mass is 10.4. The third-order valence-corrected chi connectivity index (χ3v) is 0.951.